The summed E-state index contributed by atoms with van der Waals surface area (Å²) in [6, 6.07) is 9.00. The predicted molar refractivity (Wildman–Crippen MR) is 83.7 cm³/mol. The van der Waals surface area contributed by atoms with Gasteiger partial charge >= 0.3 is 0 Å². The molecule has 0 aromatic heterocycles. The molecule has 0 unspecified atom stereocenters. The lowest BCUT2D eigenvalue weighted by Gasteiger charge is -2.09. The van der Waals surface area contributed by atoms with Crippen molar-refractivity contribution in [2.45, 2.75) is 4.90 Å². The fourth-order valence-corrected chi connectivity index (χ4v) is 3.06. The Kier molecular flexibility index (Phi) is 4.87. The van der Waals surface area contributed by atoms with Gasteiger partial charge < -0.3 is 4.74 Å². The number of hydrogen-bond acceptors (Lipinski definition) is 3. The molecule has 0 heterocycles. The third-order valence-electron chi connectivity index (χ3n) is 2.30. The summed E-state index contributed by atoms with van der Waals surface area (Å²) in [5, 5.41) is 0.780. The van der Waals surface area contributed by atoms with Gasteiger partial charge in [-0.3, -0.25) is 0 Å². The van der Waals surface area contributed by atoms with E-state index in [2.05, 4.69) is 15.9 Å². The van der Waals surface area contributed by atoms with Crippen molar-refractivity contribution in [3.63, 3.8) is 0 Å². The summed E-state index contributed by atoms with van der Waals surface area (Å²) in [7, 11) is 1.48. The monoisotopic (exact) mass is 414 g/mol. The molecule has 0 bridgehead atoms. The molecule has 0 aliphatic rings. The van der Waals surface area contributed by atoms with Crippen LogP contribution in [0.5, 0.6) is 11.5 Å². The van der Waals surface area contributed by atoms with Gasteiger partial charge in [-0.15, -0.1) is 0 Å². The first kappa shape index (κ1) is 15.9. The zero-order chi connectivity index (χ0) is 14.9. The van der Waals surface area contributed by atoms with Crippen LogP contribution < -0.4 is 4.74 Å². The van der Waals surface area contributed by atoms with Crippen LogP contribution >= 0.6 is 49.8 Å². The van der Waals surface area contributed by atoms with E-state index in [1.165, 1.54) is 18.2 Å². The molecule has 0 amide bonds. The first-order valence-corrected chi connectivity index (χ1v) is 9.00. The second-order valence-corrected chi connectivity index (χ2v) is 7.94. The van der Waals surface area contributed by atoms with E-state index < -0.39 is 9.05 Å². The highest BCUT2D eigenvalue weighted by Crippen LogP contribution is 2.34. The predicted octanol–water partition coefficient (Wildman–Crippen LogP) is 5.48. The van der Waals surface area contributed by atoms with Gasteiger partial charge in [0.25, 0.3) is 9.05 Å². The molecule has 0 aliphatic heterocycles. The molecule has 0 N–H and O–H groups in total. The molecule has 2 rings (SSSR count). The molecule has 8 heteroatoms. The van der Waals surface area contributed by atoms with Gasteiger partial charge in [-0.2, -0.15) is 0 Å². The van der Waals surface area contributed by atoms with Crippen molar-refractivity contribution in [3.8, 4) is 11.5 Å². The van der Waals surface area contributed by atoms with E-state index in [-0.39, 0.29) is 4.90 Å². The maximum Gasteiger partial charge on any atom is 0.261 e. The van der Waals surface area contributed by atoms with Crippen LogP contribution in [0.3, 0.4) is 0 Å². The van der Waals surface area contributed by atoms with E-state index in [0.717, 1.165) is 0 Å². The lowest BCUT2D eigenvalue weighted by atomic mass is 10.3. The van der Waals surface area contributed by atoms with Crippen molar-refractivity contribution in [1.82, 2.24) is 0 Å². The maximum absolute atomic E-state index is 11.2. The second-order valence-electron chi connectivity index (χ2n) is 3.71. The third kappa shape index (κ3) is 3.80. The standard InChI is InChI=1S/C12H6BrCl3O3S/c13-9-6-8(20(16,17)18)2-4-12(9)19-7-1-3-10(14)11(15)5-7/h1-6H. The molecule has 0 radical (unpaired) electrons. The molecular weight excluding hydrogens is 410 g/mol. The van der Waals surface area contributed by atoms with E-state index in [0.29, 0.717) is 26.0 Å². The van der Waals surface area contributed by atoms with Gasteiger partial charge in [-0.1, -0.05) is 23.2 Å². The lowest BCUT2D eigenvalue weighted by Crippen LogP contribution is -1.92. The zero-order valence-corrected chi connectivity index (χ0v) is 14.3. The lowest BCUT2D eigenvalue weighted by molar-refractivity contribution is 0.479. The third-order valence-corrected chi connectivity index (χ3v) is 5.01. The highest BCUT2D eigenvalue weighted by Gasteiger charge is 2.13. The Balaban J connectivity index is 2.32. The maximum atomic E-state index is 11.2. The SMILES string of the molecule is O=S(=O)(Cl)c1ccc(Oc2ccc(Cl)c(Cl)c2)c(Br)c1. The van der Waals surface area contributed by atoms with Crippen LogP contribution in [0, 0.1) is 0 Å². The van der Waals surface area contributed by atoms with Crippen molar-refractivity contribution in [2.24, 2.45) is 0 Å². The Bertz CT molecular complexity index is 763. The molecule has 0 saturated heterocycles. The largest absolute Gasteiger partial charge is 0.456 e. The second kappa shape index (κ2) is 6.12. The minimum Gasteiger partial charge on any atom is -0.456 e. The number of halogens is 4. The van der Waals surface area contributed by atoms with Crippen LogP contribution in [0.15, 0.2) is 45.8 Å². The van der Waals surface area contributed by atoms with Gasteiger partial charge in [-0.05, 0) is 46.3 Å². The van der Waals surface area contributed by atoms with E-state index in [1.54, 1.807) is 18.2 Å². The molecule has 0 aliphatic carbocycles. The number of hydrogen-bond donors (Lipinski definition) is 0. The Morgan fingerprint density at radius 3 is 2.25 bits per heavy atom. The van der Waals surface area contributed by atoms with Crippen LogP contribution in [-0.2, 0) is 9.05 Å². The average Bonchev–Trinajstić information content (AvgIpc) is 2.35. The van der Waals surface area contributed by atoms with Crippen molar-refractivity contribution in [2.75, 3.05) is 0 Å². The van der Waals surface area contributed by atoms with E-state index in [1.807, 2.05) is 0 Å². The van der Waals surface area contributed by atoms with Gasteiger partial charge in [-0.25, -0.2) is 8.42 Å². The molecule has 20 heavy (non-hydrogen) atoms. The van der Waals surface area contributed by atoms with Crippen LogP contribution in [0.2, 0.25) is 10.0 Å². The first-order valence-electron chi connectivity index (χ1n) is 5.14. The molecule has 0 saturated carbocycles. The van der Waals surface area contributed by atoms with E-state index >= 15 is 0 Å². The van der Waals surface area contributed by atoms with Crippen molar-refractivity contribution in [1.29, 1.82) is 0 Å². The summed E-state index contributed by atoms with van der Waals surface area (Å²) in [5.41, 5.74) is 0. The summed E-state index contributed by atoms with van der Waals surface area (Å²) in [4.78, 5) is -0.0208. The average molecular weight is 417 g/mol. The van der Waals surface area contributed by atoms with Gasteiger partial charge in [0.15, 0.2) is 0 Å². The van der Waals surface area contributed by atoms with Gasteiger partial charge in [0.1, 0.15) is 11.5 Å². The number of rotatable bonds is 3. The summed E-state index contributed by atoms with van der Waals surface area (Å²) >= 11 is 14.9. The summed E-state index contributed by atoms with van der Waals surface area (Å²) in [5.74, 6) is 0.897. The smallest absolute Gasteiger partial charge is 0.261 e. The normalized spacial score (nSPS) is 11.4. The molecule has 0 fully saturated rings. The van der Waals surface area contributed by atoms with Crippen LogP contribution in [0.4, 0.5) is 0 Å². The number of ether oxygens (including phenoxy) is 1. The molecular formula is C12H6BrCl3O3S. The minimum absolute atomic E-state index is 0.0208. The van der Waals surface area contributed by atoms with Gasteiger partial charge in [0, 0.05) is 16.7 Å². The zero-order valence-electron chi connectivity index (χ0n) is 9.61. The van der Waals surface area contributed by atoms with Gasteiger partial charge in [0.05, 0.1) is 19.4 Å². The number of benzene rings is 2. The van der Waals surface area contributed by atoms with E-state index in [9.17, 15) is 8.42 Å². The Morgan fingerprint density at radius 1 is 1.00 bits per heavy atom. The van der Waals surface area contributed by atoms with Crippen molar-refractivity contribution < 1.29 is 13.2 Å². The van der Waals surface area contributed by atoms with Crippen LogP contribution in [-0.4, -0.2) is 8.42 Å². The Labute approximate surface area is 139 Å². The molecule has 0 atom stereocenters. The summed E-state index contributed by atoms with van der Waals surface area (Å²) in [6.07, 6.45) is 0. The first-order chi connectivity index (χ1) is 9.27. The molecule has 3 nitrogen and oxygen atoms in total. The topological polar surface area (TPSA) is 43.4 Å². The fourth-order valence-electron chi connectivity index (χ4n) is 1.38. The highest BCUT2D eigenvalue weighted by atomic mass is 79.9. The molecule has 106 valence electrons. The van der Waals surface area contributed by atoms with E-state index in [4.69, 9.17) is 38.6 Å². The Hall–Kier alpha value is -0.460. The van der Waals surface area contributed by atoms with Crippen LogP contribution in [0.25, 0.3) is 0 Å². The molecule has 2 aromatic rings. The summed E-state index contributed by atoms with van der Waals surface area (Å²) in [6.45, 7) is 0. The quantitative estimate of drug-likeness (QED) is 0.623. The minimum atomic E-state index is -3.78. The van der Waals surface area contributed by atoms with Crippen molar-refractivity contribution in [3.05, 3.63) is 50.9 Å². The van der Waals surface area contributed by atoms with Gasteiger partial charge in [0.2, 0.25) is 0 Å². The molecule has 0 spiro atoms. The highest BCUT2D eigenvalue weighted by molar-refractivity contribution is 9.10. The fraction of sp³-hybridized carbons (Fsp3) is 0. The van der Waals surface area contributed by atoms with Crippen molar-refractivity contribution >= 4 is 58.9 Å². The molecule has 2 aromatic carbocycles. The Morgan fingerprint density at radius 2 is 1.70 bits per heavy atom. The van der Waals surface area contributed by atoms with Crippen LogP contribution in [0.1, 0.15) is 0 Å². The summed E-state index contributed by atoms with van der Waals surface area (Å²) < 4.78 is 28.5.